The van der Waals surface area contributed by atoms with Gasteiger partial charge in [-0.2, -0.15) is 11.8 Å². The van der Waals surface area contributed by atoms with E-state index < -0.39 is 21.2 Å². The first-order valence-electron chi connectivity index (χ1n) is 5.65. The highest BCUT2D eigenvalue weighted by Crippen LogP contribution is 2.27. The largest absolute Gasteiger partial charge is 0.480 e. The average molecular weight is 281 g/mol. The number of nitrogens with one attached hydrogen (secondary N) is 1. The monoisotopic (exact) mass is 281 g/mol. The molecule has 2 N–H and O–H groups in total. The summed E-state index contributed by atoms with van der Waals surface area (Å²) in [5.41, 5.74) is 0. The molecular formula is C10H19NO4S2. The first-order valence-corrected chi connectivity index (χ1v) is 8.48. The zero-order valence-corrected chi connectivity index (χ0v) is 11.7. The molecule has 0 bridgehead atoms. The zero-order valence-electron chi connectivity index (χ0n) is 10.0. The van der Waals surface area contributed by atoms with Crippen molar-refractivity contribution < 1.29 is 18.3 Å². The third-order valence-corrected chi connectivity index (χ3v) is 6.07. The highest BCUT2D eigenvalue weighted by Gasteiger charge is 2.33. The normalized spacial score (nSPS) is 27.6. The van der Waals surface area contributed by atoms with Gasteiger partial charge in [0.1, 0.15) is 0 Å². The number of carboxylic acids is 1. The lowest BCUT2D eigenvalue weighted by atomic mass is 9.96. The Kier molecular flexibility index (Phi) is 5.27. The molecule has 5 nitrogen and oxygen atoms in total. The fraction of sp³-hybridized carbons (Fsp3) is 0.900. The van der Waals surface area contributed by atoms with E-state index in [4.69, 9.17) is 5.11 Å². The molecule has 1 saturated carbocycles. The van der Waals surface area contributed by atoms with Gasteiger partial charge in [0.15, 0.2) is 5.25 Å². The number of thioether (sulfide) groups is 1. The van der Waals surface area contributed by atoms with Gasteiger partial charge >= 0.3 is 5.97 Å². The number of hydrogen-bond acceptors (Lipinski definition) is 4. The quantitative estimate of drug-likeness (QED) is 0.787. The van der Waals surface area contributed by atoms with Crippen LogP contribution < -0.4 is 4.72 Å². The molecule has 1 aliphatic carbocycles. The molecule has 1 rings (SSSR count). The van der Waals surface area contributed by atoms with E-state index in [0.29, 0.717) is 0 Å². The van der Waals surface area contributed by atoms with Crippen molar-refractivity contribution >= 4 is 27.8 Å². The fourth-order valence-electron chi connectivity index (χ4n) is 1.96. The van der Waals surface area contributed by atoms with Gasteiger partial charge in [-0.3, -0.25) is 4.79 Å². The number of rotatable bonds is 5. The third-order valence-electron chi connectivity index (χ3n) is 3.13. The van der Waals surface area contributed by atoms with Crippen molar-refractivity contribution in [3.8, 4) is 0 Å². The Labute approximate surface area is 106 Å². The van der Waals surface area contributed by atoms with Crippen LogP contribution in [0.4, 0.5) is 0 Å². The summed E-state index contributed by atoms with van der Waals surface area (Å²) in [6, 6.07) is -0.134. The average Bonchev–Trinajstić information content (AvgIpc) is 2.28. The minimum atomic E-state index is -3.77. The number of hydrogen-bond donors (Lipinski definition) is 2. The van der Waals surface area contributed by atoms with E-state index in [1.807, 2.05) is 6.26 Å². The van der Waals surface area contributed by atoms with Crippen LogP contribution in [-0.2, 0) is 14.8 Å². The van der Waals surface area contributed by atoms with Crippen molar-refractivity contribution in [3.63, 3.8) is 0 Å². The molecule has 1 aliphatic rings. The predicted molar refractivity (Wildman–Crippen MR) is 68.7 cm³/mol. The second-order valence-corrected chi connectivity index (χ2v) is 7.42. The molecule has 3 atom stereocenters. The maximum absolute atomic E-state index is 11.8. The molecule has 0 saturated heterocycles. The second-order valence-electron chi connectivity index (χ2n) is 4.31. The summed E-state index contributed by atoms with van der Waals surface area (Å²) in [6.45, 7) is 1.20. The standard InChI is InChI=1S/C10H19NO4S2/c1-7(10(12)13)17(14,15)11-8-5-3-4-6-9(8)16-2/h7-9,11H,3-6H2,1-2H3,(H,12,13). The summed E-state index contributed by atoms with van der Waals surface area (Å²) in [6.07, 6.45) is 5.83. The number of carbonyl (C=O) groups is 1. The summed E-state index contributed by atoms with van der Waals surface area (Å²) >= 11 is 1.64. The molecule has 0 spiro atoms. The van der Waals surface area contributed by atoms with Gasteiger partial charge in [0.05, 0.1) is 0 Å². The van der Waals surface area contributed by atoms with Crippen LogP contribution in [0, 0.1) is 0 Å². The van der Waals surface area contributed by atoms with Crippen LogP contribution in [0.1, 0.15) is 32.6 Å². The SMILES string of the molecule is CSC1CCCCC1NS(=O)(=O)C(C)C(=O)O. The van der Waals surface area contributed by atoms with E-state index in [-0.39, 0.29) is 11.3 Å². The number of carboxylic acid groups (broad SMARTS) is 1. The van der Waals surface area contributed by atoms with Crippen LogP contribution in [0.2, 0.25) is 0 Å². The summed E-state index contributed by atoms with van der Waals surface area (Å²) in [5.74, 6) is -1.31. The predicted octanol–water partition coefficient (Wildman–Crippen LogP) is 1.05. The van der Waals surface area contributed by atoms with Gasteiger partial charge in [0.2, 0.25) is 10.0 Å². The number of sulfonamides is 1. The molecule has 17 heavy (non-hydrogen) atoms. The molecule has 0 aromatic rings. The molecule has 7 heteroatoms. The van der Waals surface area contributed by atoms with E-state index in [9.17, 15) is 13.2 Å². The molecule has 1 fully saturated rings. The van der Waals surface area contributed by atoms with E-state index in [2.05, 4.69) is 4.72 Å². The molecule has 0 heterocycles. The Morgan fingerprint density at radius 2 is 2.00 bits per heavy atom. The van der Waals surface area contributed by atoms with Gasteiger partial charge < -0.3 is 5.11 Å². The molecule has 0 aromatic heterocycles. The van der Waals surface area contributed by atoms with Gasteiger partial charge in [-0.1, -0.05) is 12.8 Å². The fourth-order valence-corrected chi connectivity index (χ4v) is 4.15. The van der Waals surface area contributed by atoms with Crippen LogP contribution >= 0.6 is 11.8 Å². The minimum absolute atomic E-state index is 0.134. The second kappa shape index (κ2) is 6.06. The lowest BCUT2D eigenvalue weighted by Crippen LogP contribution is -2.48. The van der Waals surface area contributed by atoms with E-state index in [1.54, 1.807) is 11.8 Å². The van der Waals surface area contributed by atoms with Gasteiger partial charge in [-0.05, 0) is 26.0 Å². The summed E-state index contributed by atoms with van der Waals surface area (Å²) < 4.78 is 26.1. The lowest BCUT2D eigenvalue weighted by Gasteiger charge is -2.31. The molecule has 0 aliphatic heterocycles. The summed E-state index contributed by atoms with van der Waals surface area (Å²) in [5, 5.41) is 7.60. The maximum atomic E-state index is 11.8. The van der Waals surface area contributed by atoms with Crippen molar-refractivity contribution in [3.05, 3.63) is 0 Å². The van der Waals surface area contributed by atoms with Crippen LogP contribution in [-0.4, -0.2) is 42.3 Å². The van der Waals surface area contributed by atoms with Gasteiger partial charge in [-0.15, -0.1) is 0 Å². The highest BCUT2D eigenvalue weighted by molar-refractivity contribution is 7.99. The van der Waals surface area contributed by atoms with Gasteiger partial charge in [0, 0.05) is 11.3 Å². The van der Waals surface area contributed by atoms with Crippen molar-refractivity contribution in [2.75, 3.05) is 6.26 Å². The third kappa shape index (κ3) is 3.86. The topological polar surface area (TPSA) is 83.5 Å². The van der Waals surface area contributed by atoms with E-state index in [0.717, 1.165) is 25.7 Å². The Hall–Kier alpha value is -0.270. The van der Waals surface area contributed by atoms with Crippen molar-refractivity contribution in [1.29, 1.82) is 0 Å². The molecule has 0 aromatic carbocycles. The van der Waals surface area contributed by atoms with E-state index in [1.165, 1.54) is 6.92 Å². The Morgan fingerprint density at radius 3 is 2.53 bits per heavy atom. The first-order chi connectivity index (χ1) is 7.88. The van der Waals surface area contributed by atoms with Gasteiger partial charge in [-0.25, -0.2) is 13.1 Å². The van der Waals surface area contributed by atoms with Crippen molar-refractivity contribution in [1.82, 2.24) is 4.72 Å². The molecule has 3 unspecified atom stereocenters. The smallest absolute Gasteiger partial charge is 0.323 e. The molecular weight excluding hydrogens is 262 g/mol. The molecule has 0 radical (unpaired) electrons. The zero-order chi connectivity index (χ0) is 13.1. The van der Waals surface area contributed by atoms with Crippen LogP contribution in [0.15, 0.2) is 0 Å². The molecule has 100 valence electrons. The maximum Gasteiger partial charge on any atom is 0.323 e. The van der Waals surface area contributed by atoms with Crippen LogP contribution in [0.5, 0.6) is 0 Å². The number of aliphatic carboxylic acids is 1. The van der Waals surface area contributed by atoms with Crippen molar-refractivity contribution in [2.45, 2.75) is 49.1 Å². The summed E-state index contributed by atoms with van der Waals surface area (Å²) in [7, 11) is -3.77. The van der Waals surface area contributed by atoms with Gasteiger partial charge in [0.25, 0.3) is 0 Å². The first kappa shape index (κ1) is 14.8. The minimum Gasteiger partial charge on any atom is -0.480 e. The molecule has 0 amide bonds. The Bertz CT molecular complexity index is 369. The van der Waals surface area contributed by atoms with Crippen molar-refractivity contribution in [2.24, 2.45) is 0 Å². The lowest BCUT2D eigenvalue weighted by molar-refractivity contribution is -0.136. The Morgan fingerprint density at radius 1 is 1.41 bits per heavy atom. The Balaban J connectivity index is 2.72. The van der Waals surface area contributed by atoms with Crippen LogP contribution in [0.3, 0.4) is 0 Å². The van der Waals surface area contributed by atoms with Crippen LogP contribution in [0.25, 0.3) is 0 Å². The summed E-state index contributed by atoms with van der Waals surface area (Å²) in [4.78, 5) is 10.7. The highest BCUT2D eigenvalue weighted by atomic mass is 32.2. The van der Waals surface area contributed by atoms with E-state index >= 15 is 0 Å².